The first-order valence-electron chi connectivity index (χ1n) is 10.7. The highest BCUT2D eigenvalue weighted by Crippen LogP contribution is 2.34. The van der Waals surface area contributed by atoms with Crippen LogP contribution in [-0.4, -0.2) is 36.0 Å². The summed E-state index contributed by atoms with van der Waals surface area (Å²) in [5.41, 5.74) is 9.19. The predicted molar refractivity (Wildman–Crippen MR) is 115 cm³/mol. The molecule has 1 aliphatic rings. The molecule has 0 aliphatic heterocycles. The van der Waals surface area contributed by atoms with Gasteiger partial charge in [-0.1, -0.05) is 58.3 Å². The van der Waals surface area contributed by atoms with Gasteiger partial charge in [-0.05, 0) is 52.4 Å². The van der Waals surface area contributed by atoms with E-state index in [0.717, 1.165) is 19.3 Å². The Morgan fingerprint density at radius 2 is 1.39 bits per heavy atom. The van der Waals surface area contributed by atoms with Crippen molar-refractivity contribution in [2.45, 2.75) is 115 Å². The van der Waals surface area contributed by atoms with Crippen molar-refractivity contribution in [2.75, 3.05) is 0 Å². The highest BCUT2D eigenvalue weighted by molar-refractivity contribution is 8.31. The first-order chi connectivity index (χ1) is 13.0. The molecule has 1 fully saturated rings. The molecule has 0 unspecified atom stereocenters. The molecule has 1 saturated carbocycles. The SMILES string of the molecule is CCCCCCCCCC1CCC(S(=O)(=O)C(=[N+]=[N-])S(=O)(=O)C(C)(C)C)CC1. The van der Waals surface area contributed by atoms with Crippen molar-refractivity contribution in [3.05, 3.63) is 5.53 Å². The summed E-state index contributed by atoms with van der Waals surface area (Å²) < 4.78 is 48.3. The van der Waals surface area contributed by atoms with Gasteiger partial charge in [0.15, 0.2) is 0 Å². The van der Waals surface area contributed by atoms with Crippen LogP contribution in [0.3, 0.4) is 0 Å². The number of rotatable bonds is 9. The molecule has 0 atom stereocenters. The van der Waals surface area contributed by atoms with Crippen LogP contribution in [0.4, 0.5) is 0 Å². The Hall–Kier alpha value is -0.720. The number of hydrogen-bond acceptors (Lipinski definition) is 4. The Balaban J connectivity index is 2.57. The maximum Gasteiger partial charge on any atom is 0.495 e. The third kappa shape index (κ3) is 6.67. The van der Waals surface area contributed by atoms with E-state index in [9.17, 15) is 22.4 Å². The molecular weight excluding hydrogens is 396 g/mol. The van der Waals surface area contributed by atoms with E-state index in [1.165, 1.54) is 65.7 Å². The first-order valence-corrected chi connectivity index (χ1v) is 13.7. The van der Waals surface area contributed by atoms with E-state index in [1.54, 1.807) is 0 Å². The summed E-state index contributed by atoms with van der Waals surface area (Å²) in [6, 6.07) is 0. The van der Waals surface area contributed by atoms with E-state index in [0.29, 0.717) is 18.8 Å². The van der Waals surface area contributed by atoms with Gasteiger partial charge in [-0.3, -0.25) is 0 Å². The van der Waals surface area contributed by atoms with Crippen LogP contribution in [0.2, 0.25) is 0 Å². The third-order valence-corrected chi connectivity index (χ3v) is 11.2. The van der Waals surface area contributed by atoms with Crippen molar-refractivity contribution in [1.82, 2.24) is 0 Å². The summed E-state index contributed by atoms with van der Waals surface area (Å²) >= 11 is 0. The maximum atomic E-state index is 12.8. The molecule has 6 nitrogen and oxygen atoms in total. The van der Waals surface area contributed by atoms with E-state index in [-0.39, 0.29) is 0 Å². The maximum absolute atomic E-state index is 12.8. The van der Waals surface area contributed by atoms with Gasteiger partial charge in [-0.15, -0.1) is 4.79 Å². The quantitative estimate of drug-likeness (QED) is 0.169. The number of hydrogen-bond donors (Lipinski definition) is 0. The minimum atomic E-state index is -4.22. The zero-order valence-electron chi connectivity index (χ0n) is 18.0. The van der Waals surface area contributed by atoms with Crippen molar-refractivity contribution >= 4 is 24.1 Å². The lowest BCUT2D eigenvalue weighted by Gasteiger charge is -2.27. The molecule has 8 heteroatoms. The van der Waals surface area contributed by atoms with Gasteiger partial charge in [-0.25, -0.2) is 16.8 Å². The summed E-state index contributed by atoms with van der Waals surface area (Å²) in [5, 5.41) is -0.777. The summed E-state index contributed by atoms with van der Waals surface area (Å²) in [5.74, 6) is 0.510. The fourth-order valence-electron chi connectivity index (χ4n) is 3.79. The lowest BCUT2D eigenvalue weighted by atomic mass is 9.85. The first kappa shape index (κ1) is 25.3. The van der Waals surface area contributed by atoms with Gasteiger partial charge in [-0.2, -0.15) is 0 Å². The average Bonchev–Trinajstić information content (AvgIpc) is 2.60. The summed E-state index contributed by atoms with van der Waals surface area (Å²) in [6.45, 7) is 6.43. The van der Waals surface area contributed by atoms with Crippen LogP contribution in [0.15, 0.2) is 0 Å². The van der Waals surface area contributed by atoms with Crippen LogP contribution in [0.5, 0.6) is 0 Å². The zero-order valence-corrected chi connectivity index (χ0v) is 19.6. The van der Waals surface area contributed by atoms with Gasteiger partial charge in [0.05, 0.1) is 10.00 Å². The Morgan fingerprint density at radius 3 is 1.86 bits per heavy atom. The van der Waals surface area contributed by atoms with Crippen LogP contribution in [0.25, 0.3) is 5.53 Å². The molecule has 0 aromatic heterocycles. The van der Waals surface area contributed by atoms with Crippen LogP contribution >= 0.6 is 0 Å². The van der Waals surface area contributed by atoms with Crippen molar-refractivity contribution in [2.24, 2.45) is 5.92 Å². The monoisotopic (exact) mass is 434 g/mol. The Labute approximate surface area is 172 Å². The minimum absolute atomic E-state index is 0.433. The summed E-state index contributed by atoms with van der Waals surface area (Å²) in [6.07, 6.45) is 12.4. The molecule has 0 amide bonds. The lowest BCUT2D eigenvalue weighted by Crippen LogP contribution is -2.43. The topological polar surface area (TPSA) is 105 Å². The normalized spacial score (nSPS) is 21.3. The average molecular weight is 435 g/mol. The molecule has 164 valence electrons. The number of sulfone groups is 2. The van der Waals surface area contributed by atoms with E-state index < -0.39 is 34.0 Å². The van der Waals surface area contributed by atoms with Crippen molar-refractivity contribution < 1.29 is 21.6 Å². The van der Waals surface area contributed by atoms with Crippen LogP contribution in [-0.2, 0) is 19.7 Å². The van der Waals surface area contributed by atoms with Gasteiger partial charge in [0.2, 0.25) is 0 Å². The van der Waals surface area contributed by atoms with E-state index in [2.05, 4.69) is 11.7 Å². The molecule has 0 radical (unpaired) electrons. The molecule has 0 aromatic carbocycles. The summed E-state index contributed by atoms with van der Waals surface area (Å²) in [4.78, 5) is 2.72. The van der Waals surface area contributed by atoms with Crippen LogP contribution < -0.4 is 0 Å². The third-order valence-electron chi connectivity index (χ3n) is 5.81. The molecule has 0 spiro atoms. The second-order valence-corrected chi connectivity index (χ2v) is 14.1. The van der Waals surface area contributed by atoms with E-state index >= 15 is 0 Å². The smallest absolute Gasteiger partial charge is 0.359 e. The second-order valence-electron chi connectivity index (χ2n) is 9.08. The highest BCUT2D eigenvalue weighted by atomic mass is 32.3. The minimum Gasteiger partial charge on any atom is -0.359 e. The molecule has 0 aromatic rings. The Bertz CT molecular complexity index is 738. The summed E-state index contributed by atoms with van der Waals surface area (Å²) in [7, 11) is -8.39. The molecule has 0 saturated heterocycles. The molecular formula is C20H38N2O4S2. The molecule has 0 heterocycles. The molecule has 0 N–H and O–H groups in total. The van der Waals surface area contributed by atoms with Gasteiger partial charge < -0.3 is 5.53 Å². The fourth-order valence-corrected chi connectivity index (χ4v) is 8.09. The Morgan fingerprint density at radius 1 is 0.893 bits per heavy atom. The van der Waals surface area contributed by atoms with Gasteiger partial charge in [0, 0.05) is 0 Å². The highest BCUT2D eigenvalue weighted by Gasteiger charge is 2.52. The predicted octanol–water partition coefficient (Wildman–Crippen LogP) is 4.90. The fraction of sp³-hybridized carbons (Fsp3) is 0.950. The van der Waals surface area contributed by atoms with E-state index in [1.807, 2.05) is 0 Å². The standard InChI is InChI=1S/C20H38N2O4S2/c1-5-6-7-8-9-10-11-12-17-13-15-18(16-14-17)27(23,24)19(22-21)28(25,26)20(2,3)4/h17-18H,5-16H2,1-4H3. The van der Waals surface area contributed by atoms with Crippen molar-refractivity contribution in [3.63, 3.8) is 0 Å². The van der Waals surface area contributed by atoms with Gasteiger partial charge in [0.25, 0.3) is 19.7 Å². The number of unbranched alkanes of at least 4 members (excludes halogenated alkanes) is 6. The molecule has 28 heavy (non-hydrogen) atoms. The van der Waals surface area contributed by atoms with Gasteiger partial charge >= 0.3 is 4.38 Å². The van der Waals surface area contributed by atoms with Crippen molar-refractivity contribution in [1.29, 1.82) is 0 Å². The second kappa shape index (κ2) is 10.9. The van der Waals surface area contributed by atoms with Gasteiger partial charge in [0.1, 0.15) is 0 Å². The zero-order chi connectivity index (χ0) is 21.4. The van der Waals surface area contributed by atoms with Crippen LogP contribution in [0, 0.1) is 5.92 Å². The molecule has 1 rings (SSSR count). The van der Waals surface area contributed by atoms with Crippen LogP contribution in [0.1, 0.15) is 105 Å². The molecule has 1 aliphatic carbocycles. The van der Waals surface area contributed by atoms with E-state index in [4.69, 9.17) is 0 Å². The largest absolute Gasteiger partial charge is 0.495 e. The van der Waals surface area contributed by atoms with Crippen molar-refractivity contribution in [3.8, 4) is 0 Å². The molecule has 0 bridgehead atoms. The lowest BCUT2D eigenvalue weighted by molar-refractivity contribution is 0.00355. The Kier molecular flexibility index (Phi) is 9.84. The number of nitrogens with zero attached hydrogens (tertiary/aromatic N) is 2.